The van der Waals surface area contributed by atoms with E-state index in [0.29, 0.717) is 12.0 Å². The Morgan fingerprint density at radius 2 is 1.94 bits per heavy atom. The van der Waals surface area contributed by atoms with E-state index in [4.69, 9.17) is 0 Å². The summed E-state index contributed by atoms with van der Waals surface area (Å²) in [5, 5.41) is 0. The minimum atomic E-state index is -0.596. The van der Waals surface area contributed by atoms with E-state index in [1.165, 1.54) is 6.07 Å². The topological polar surface area (TPSA) is 42.9 Å². The van der Waals surface area contributed by atoms with Crippen molar-refractivity contribution in [1.82, 2.24) is 9.97 Å². The number of hydrogen-bond donors (Lipinski definition) is 0. The Balaban J connectivity index is 2.63. The zero-order chi connectivity index (χ0) is 12.4. The molecule has 0 saturated carbocycles. The molecule has 5 heteroatoms. The molecule has 0 bridgehead atoms. The lowest BCUT2D eigenvalue weighted by Gasteiger charge is -2.04. The predicted molar refractivity (Wildman–Crippen MR) is 57.5 cm³/mol. The van der Waals surface area contributed by atoms with Crippen LogP contribution in [0.3, 0.4) is 0 Å². The van der Waals surface area contributed by atoms with Gasteiger partial charge in [0.1, 0.15) is 11.6 Å². The van der Waals surface area contributed by atoms with Gasteiger partial charge < -0.3 is 0 Å². The third-order valence-electron chi connectivity index (χ3n) is 2.18. The molecule has 17 heavy (non-hydrogen) atoms. The summed E-state index contributed by atoms with van der Waals surface area (Å²) in [6.45, 7) is 1.65. The van der Waals surface area contributed by atoms with Gasteiger partial charge in [-0.15, -0.1) is 0 Å². The largest absolute Gasteiger partial charge is 0.294 e. The van der Waals surface area contributed by atoms with Crippen LogP contribution in [0, 0.1) is 18.6 Å². The van der Waals surface area contributed by atoms with Crippen molar-refractivity contribution in [3.05, 3.63) is 47.4 Å². The van der Waals surface area contributed by atoms with E-state index >= 15 is 0 Å². The predicted octanol–water partition coefficient (Wildman–Crippen LogP) is 2.54. The monoisotopic (exact) mass is 234 g/mol. The van der Waals surface area contributed by atoms with Crippen LogP contribution in [0.2, 0.25) is 0 Å². The lowest BCUT2D eigenvalue weighted by atomic mass is 10.1. The van der Waals surface area contributed by atoms with Gasteiger partial charge >= 0.3 is 0 Å². The molecule has 0 aliphatic carbocycles. The first kappa shape index (κ1) is 11.3. The Hall–Kier alpha value is -2.17. The fourth-order valence-corrected chi connectivity index (χ4v) is 1.48. The maximum atomic E-state index is 13.5. The van der Waals surface area contributed by atoms with Gasteiger partial charge in [-0.1, -0.05) is 0 Å². The highest BCUT2D eigenvalue weighted by Crippen LogP contribution is 2.22. The van der Waals surface area contributed by atoms with E-state index in [-0.39, 0.29) is 17.1 Å². The van der Waals surface area contributed by atoms with E-state index in [0.717, 1.165) is 18.2 Å². The van der Waals surface area contributed by atoms with Crippen LogP contribution >= 0.6 is 0 Å². The number of benzene rings is 1. The number of hydrogen-bond acceptors (Lipinski definition) is 3. The van der Waals surface area contributed by atoms with Crippen molar-refractivity contribution in [2.45, 2.75) is 6.92 Å². The Labute approximate surface area is 96.2 Å². The molecule has 0 saturated heterocycles. The summed E-state index contributed by atoms with van der Waals surface area (Å²) >= 11 is 0. The minimum absolute atomic E-state index is 0.0126. The van der Waals surface area contributed by atoms with Crippen LogP contribution in [0.25, 0.3) is 11.3 Å². The van der Waals surface area contributed by atoms with E-state index in [1.807, 2.05) is 0 Å². The van der Waals surface area contributed by atoms with Crippen molar-refractivity contribution < 1.29 is 13.6 Å². The number of nitrogens with zero attached hydrogens (tertiary/aromatic N) is 2. The van der Waals surface area contributed by atoms with Crippen molar-refractivity contribution in [3.8, 4) is 11.3 Å². The minimum Gasteiger partial charge on any atom is -0.294 e. The molecule has 1 aromatic carbocycles. The van der Waals surface area contributed by atoms with Crippen LogP contribution in [-0.2, 0) is 0 Å². The molecular formula is C12H8F2N2O. The van der Waals surface area contributed by atoms with Gasteiger partial charge in [-0.05, 0) is 31.2 Å². The van der Waals surface area contributed by atoms with Crippen LogP contribution in [0.15, 0.2) is 24.3 Å². The number of carbonyl (C=O) groups excluding carboxylic acids is 1. The molecule has 0 aliphatic heterocycles. The number of aromatic nitrogens is 2. The second kappa shape index (κ2) is 4.37. The molecule has 2 rings (SSSR count). The molecule has 0 amide bonds. The van der Waals surface area contributed by atoms with Crippen molar-refractivity contribution in [2.75, 3.05) is 0 Å². The highest BCUT2D eigenvalue weighted by Gasteiger charge is 2.10. The van der Waals surface area contributed by atoms with E-state index < -0.39 is 11.6 Å². The SMILES string of the molecule is Cc1cc(-c2cc(F)ccc2F)nc(C=O)n1. The standard InChI is InChI=1S/C12H8F2N2O/c1-7-4-11(16-12(6-17)15-7)9-5-8(13)2-3-10(9)14/h2-6H,1H3. The second-order valence-corrected chi connectivity index (χ2v) is 3.49. The fraction of sp³-hybridized carbons (Fsp3) is 0.0833. The maximum Gasteiger partial charge on any atom is 0.193 e. The highest BCUT2D eigenvalue weighted by atomic mass is 19.1. The second-order valence-electron chi connectivity index (χ2n) is 3.49. The van der Waals surface area contributed by atoms with Crippen molar-refractivity contribution in [2.24, 2.45) is 0 Å². The lowest BCUT2D eigenvalue weighted by molar-refractivity contribution is 0.111. The Bertz CT molecular complexity index is 585. The van der Waals surface area contributed by atoms with Crippen molar-refractivity contribution in [3.63, 3.8) is 0 Å². The normalized spacial score (nSPS) is 10.3. The van der Waals surface area contributed by atoms with Gasteiger partial charge in [-0.2, -0.15) is 0 Å². The molecular weight excluding hydrogens is 226 g/mol. The van der Waals surface area contributed by atoms with E-state index in [9.17, 15) is 13.6 Å². The molecule has 0 unspecified atom stereocenters. The third-order valence-corrected chi connectivity index (χ3v) is 2.18. The number of aryl methyl sites for hydroxylation is 1. The molecule has 1 heterocycles. The molecule has 1 aromatic heterocycles. The number of halogens is 2. The van der Waals surface area contributed by atoms with Gasteiger partial charge in [-0.25, -0.2) is 18.7 Å². The molecule has 0 N–H and O–H groups in total. The van der Waals surface area contributed by atoms with Gasteiger partial charge in [0.25, 0.3) is 0 Å². The average molecular weight is 234 g/mol. The highest BCUT2D eigenvalue weighted by molar-refractivity contribution is 5.71. The van der Waals surface area contributed by atoms with Gasteiger partial charge in [0.05, 0.1) is 5.69 Å². The third kappa shape index (κ3) is 2.33. The quantitative estimate of drug-likeness (QED) is 0.750. The van der Waals surface area contributed by atoms with E-state index in [1.54, 1.807) is 6.92 Å². The number of aldehydes is 1. The summed E-state index contributed by atoms with van der Waals surface area (Å²) in [6.07, 6.45) is 0.466. The van der Waals surface area contributed by atoms with Gasteiger partial charge in [0.15, 0.2) is 12.1 Å². The van der Waals surface area contributed by atoms with Gasteiger partial charge in [0.2, 0.25) is 0 Å². The first-order chi connectivity index (χ1) is 8.10. The Kier molecular flexibility index (Phi) is 2.91. The number of rotatable bonds is 2. The molecule has 3 nitrogen and oxygen atoms in total. The van der Waals surface area contributed by atoms with Crippen LogP contribution in [0.5, 0.6) is 0 Å². The molecule has 86 valence electrons. The summed E-state index contributed by atoms with van der Waals surface area (Å²) in [6, 6.07) is 4.56. The molecule has 0 spiro atoms. The zero-order valence-corrected chi connectivity index (χ0v) is 8.95. The summed E-state index contributed by atoms with van der Waals surface area (Å²) in [5.41, 5.74) is 0.718. The van der Waals surface area contributed by atoms with Crippen molar-refractivity contribution in [1.29, 1.82) is 0 Å². The van der Waals surface area contributed by atoms with Crippen LogP contribution in [-0.4, -0.2) is 16.3 Å². The molecule has 0 fully saturated rings. The molecule has 0 aliphatic rings. The molecule has 0 radical (unpaired) electrons. The lowest BCUT2D eigenvalue weighted by Crippen LogP contribution is -1.98. The summed E-state index contributed by atoms with van der Waals surface area (Å²) in [5.74, 6) is -1.21. The summed E-state index contributed by atoms with van der Waals surface area (Å²) in [7, 11) is 0. The van der Waals surface area contributed by atoms with Gasteiger partial charge in [-0.3, -0.25) is 4.79 Å². The number of carbonyl (C=O) groups is 1. The maximum absolute atomic E-state index is 13.5. The van der Waals surface area contributed by atoms with Crippen LogP contribution < -0.4 is 0 Å². The first-order valence-corrected chi connectivity index (χ1v) is 4.86. The summed E-state index contributed by atoms with van der Waals surface area (Å²) in [4.78, 5) is 18.3. The van der Waals surface area contributed by atoms with Gasteiger partial charge in [0, 0.05) is 11.3 Å². The molecule has 2 aromatic rings. The zero-order valence-electron chi connectivity index (χ0n) is 8.95. The van der Waals surface area contributed by atoms with Crippen LogP contribution in [0.1, 0.15) is 16.3 Å². The molecule has 0 atom stereocenters. The van der Waals surface area contributed by atoms with E-state index in [2.05, 4.69) is 9.97 Å². The first-order valence-electron chi connectivity index (χ1n) is 4.86. The summed E-state index contributed by atoms with van der Waals surface area (Å²) < 4.78 is 26.5. The fourth-order valence-electron chi connectivity index (χ4n) is 1.48. The Morgan fingerprint density at radius 1 is 1.18 bits per heavy atom. The average Bonchev–Trinajstić information content (AvgIpc) is 2.31. The smallest absolute Gasteiger partial charge is 0.193 e. The van der Waals surface area contributed by atoms with Crippen molar-refractivity contribution >= 4 is 6.29 Å². The van der Waals surface area contributed by atoms with Crippen LogP contribution in [0.4, 0.5) is 8.78 Å². The Morgan fingerprint density at radius 3 is 2.65 bits per heavy atom.